The topological polar surface area (TPSA) is 193 Å². The van der Waals surface area contributed by atoms with Crippen LogP contribution in [0.15, 0.2) is 49.6 Å². The third-order valence-electron chi connectivity index (χ3n) is 10.7. The van der Waals surface area contributed by atoms with E-state index in [0.29, 0.717) is 22.8 Å². The van der Waals surface area contributed by atoms with Crippen LogP contribution >= 0.6 is 22.7 Å². The molecular weight excluding hydrogens is 801 g/mol. The molecule has 4 N–H and O–H groups in total. The highest BCUT2D eigenvalue weighted by atomic mass is 32.1. The maximum absolute atomic E-state index is 5.53. The van der Waals surface area contributed by atoms with Crippen molar-refractivity contribution in [2.75, 3.05) is 76.4 Å². The standard InChI is InChI=1S/2C20H24N8OS/c2*1-12(2)16-17(13-8-14(29-3)19-23-11-24-28(19)10-13)25-26-18(16)20-22-9-15(30-20)27-6-4-21-5-7-27/h2*8-12,21H,4-7H2,1-3H3,(H,25,26). The highest BCUT2D eigenvalue weighted by molar-refractivity contribution is 7.19. The molecule has 2 aliphatic rings. The molecule has 0 spiro atoms. The Bertz CT molecular complexity index is 2530. The maximum atomic E-state index is 5.53. The minimum atomic E-state index is 0.262. The van der Waals surface area contributed by atoms with E-state index in [1.54, 1.807) is 45.9 Å². The Balaban J connectivity index is 0.000000154. The fourth-order valence-corrected chi connectivity index (χ4v) is 9.72. The first-order chi connectivity index (χ1) is 29.3. The summed E-state index contributed by atoms with van der Waals surface area (Å²) in [5, 5.41) is 35.4. The molecule has 20 heteroatoms. The first kappa shape index (κ1) is 39.5. The van der Waals surface area contributed by atoms with E-state index in [9.17, 15) is 0 Å². The van der Waals surface area contributed by atoms with E-state index < -0.39 is 0 Å². The highest BCUT2D eigenvalue weighted by Crippen LogP contribution is 2.41. The number of nitrogens with zero attached hydrogens (tertiary/aromatic N) is 12. The van der Waals surface area contributed by atoms with E-state index >= 15 is 0 Å². The number of piperazine rings is 2. The van der Waals surface area contributed by atoms with Gasteiger partial charge in [0.05, 0.1) is 38.0 Å². The second-order valence-electron chi connectivity index (χ2n) is 15.2. The quantitative estimate of drug-likeness (QED) is 0.134. The van der Waals surface area contributed by atoms with E-state index in [1.165, 1.54) is 22.7 Å². The van der Waals surface area contributed by atoms with Crippen LogP contribution < -0.4 is 29.9 Å². The average molecular weight is 849 g/mol. The number of H-pyrrole nitrogens is 2. The molecule has 0 aliphatic carbocycles. The molecule has 0 amide bonds. The number of hydrogen-bond donors (Lipinski definition) is 4. The number of rotatable bonds is 10. The molecule has 2 aliphatic heterocycles. The van der Waals surface area contributed by atoms with Crippen LogP contribution in [0.4, 0.5) is 10.0 Å². The molecule has 0 saturated carbocycles. The van der Waals surface area contributed by atoms with Gasteiger partial charge in [-0.25, -0.2) is 29.0 Å². The second-order valence-corrected chi connectivity index (χ2v) is 17.2. The van der Waals surface area contributed by atoms with E-state index in [0.717, 1.165) is 107 Å². The lowest BCUT2D eigenvalue weighted by atomic mass is 9.97. The number of aromatic nitrogens is 12. The van der Waals surface area contributed by atoms with Gasteiger partial charge in [-0.3, -0.25) is 10.2 Å². The van der Waals surface area contributed by atoms with Crippen molar-refractivity contribution in [2.24, 2.45) is 0 Å². The molecule has 2 fully saturated rings. The smallest absolute Gasteiger partial charge is 0.197 e. The van der Waals surface area contributed by atoms with Gasteiger partial charge in [-0.1, -0.05) is 50.4 Å². The number of thiazole rings is 2. The van der Waals surface area contributed by atoms with Crippen LogP contribution in [0.1, 0.15) is 50.7 Å². The van der Waals surface area contributed by atoms with Gasteiger partial charge < -0.3 is 29.9 Å². The zero-order valence-electron chi connectivity index (χ0n) is 34.4. The Morgan fingerprint density at radius 2 is 1.02 bits per heavy atom. The van der Waals surface area contributed by atoms with Crippen LogP contribution in [-0.4, -0.2) is 126 Å². The summed E-state index contributed by atoms with van der Waals surface area (Å²) in [5.74, 6) is 1.87. The maximum Gasteiger partial charge on any atom is 0.197 e. The van der Waals surface area contributed by atoms with Crippen LogP contribution in [0.5, 0.6) is 11.5 Å². The summed E-state index contributed by atoms with van der Waals surface area (Å²) in [6.07, 6.45) is 10.9. The van der Waals surface area contributed by atoms with Gasteiger partial charge in [0.25, 0.3) is 0 Å². The predicted molar refractivity (Wildman–Crippen MR) is 235 cm³/mol. The van der Waals surface area contributed by atoms with Crippen LogP contribution in [0.25, 0.3) is 55.2 Å². The van der Waals surface area contributed by atoms with Crippen LogP contribution in [0, 0.1) is 0 Å². The number of anilines is 2. The Kier molecular flexibility index (Phi) is 11.2. The van der Waals surface area contributed by atoms with Gasteiger partial charge >= 0.3 is 0 Å². The molecule has 10 heterocycles. The van der Waals surface area contributed by atoms with Crippen molar-refractivity contribution < 1.29 is 9.47 Å². The minimum absolute atomic E-state index is 0.262. The van der Waals surface area contributed by atoms with Gasteiger partial charge in [-0.05, 0) is 24.0 Å². The SMILES string of the molecule is COc1cc(-c2[nH]nc(-c3ncc(N4CCNCC4)s3)c2C(C)C)cn2ncnc12.COc1cc(-c2[nH]nc(-c3ncc(N4CCNCC4)s3)c2C(C)C)cn2ncnc12. The van der Waals surface area contributed by atoms with Gasteiger partial charge in [-0.2, -0.15) is 20.4 Å². The van der Waals surface area contributed by atoms with Crippen molar-refractivity contribution in [1.82, 2.24) is 70.2 Å². The Morgan fingerprint density at radius 1 is 0.600 bits per heavy atom. The lowest BCUT2D eigenvalue weighted by Crippen LogP contribution is -2.43. The van der Waals surface area contributed by atoms with Crippen molar-refractivity contribution in [3.8, 4) is 55.4 Å². The van der Waals surface area contributed by atoms with E-state index in [2.05, 4.69) is 88.7 Å². The highest BCUT2D eigenvalue weighted by Gasteiger charge is 2.26. The number of fused-ring (bicyclic) bond motifs is 2. The van der Waals surface area contributed by atoms with Crippen LogP contribution in [0.2, 0.25) is 0 Å². The molecule has 0 unspecified atom stereocenters. The van der Waals surface area contributed by atoms with Crippen LogP contribution in [-0.2, 0) is 0 Å². The molecule has 0 atom stereocenters. The summed E-state index contributed by atoms with van der Waals surface area (Å²) < 4.78 is 14.5. The largest absolute Gasteiger partial charge is 0.493 e. The molecule has 8 aromatic rings. The van der Waals surface area contributed by atoms with Crippen molar-refractivity contribution >= 4 is 44.0 Å². The first-order valence-electron chi connectivity index (χ1n) is 20.1. The fraction of sp³-hybridized carbons (Fsp3) is 0.400. The van der Waals surface area contributed by atoms with Gasteiger partial charge in [0, 0.05) is 87.0 Å². The average Bonchev–Trinajstić information content (AvgIpc) is 4.13. The fourth-order valence-electron chi connectivity index (χ4n) is 7.77. The minimum Gasteiger partial charge on any atom is -0.493 e. The number of methoxy groups -OCH3 is 2. The number of ether oxygens (including phenoxy) is 2. The van der Waals surface area contributed by atoms with Crippen molar-refractivity contribution in [2.45, 2.75) is 39.5 Å². The molecule has 0 aromatic carbocycles. The molecular formula is C40H48N16O2S2. The third kappa shape index (κ3) is 7.55. The normalized spacial score (nSPS) is 14.7. The van der Waals surface area contributed by atoms with Gasteiger partial charge in [-0.15, -0.1) is 0 Å². The summed E-state index contributed by atoms with van der Waals surface area (Å²) in [5.41, 5.74) is 9.27. The van der Waals surface area contributed by atoms with Crippen molar-refractivity contribution in [3.05, 3.63) is 60.7 Å². The molecule has 2 saturated heterocycles. The summed E-state index contributed by atoms with van der Waals surface area (Å²) >= 11 is 3.39. The van der Waals surface area contributed by atoms with E-state index in [1.807, 2.05) is 36.9 Å². The lowest BCUT2D eigenvalue weighted by Gasteiger charge is -2.27. The molecule has 312 valence electrons. The third-order valence-corrected chi connectivity index (χ3v) is 12.8. The predicted octanol–water partition coefficient (Wildman–Crippen LogP) is 5.57. The zero-order valence-corrected chi connectivity index (χ0v) is 36.1. The molecule has 60 heavy (non-hydrogen) atoms. The van der Waals surface area contributed by atoms with E-state index in [-0.39, 0.29) is 11.8 Å². The zero-order chi connectivity index (χ0) is 41.3. The molecule has 0 bridgehead atoms. The van der Waals surface area contributed by atoms with Gasteiger partial charge in [0.15, 0.2) is 22.8 Å². The Labute approximate surface area is 354 Å². The number of aromatic amines is 2. The lowest BCUT2D eigenvalue weighted by molar-refractivity contribution is 0.416. The monoisotopic (exact) mass is 848 g/mol. The van der Waals surface area contributed by atoms with Gasteiger partial charge in [0.1, 0.15) is 44.1 Å². The Hall–Kier alpha value is -5.96. The summed E-state index contributed by atoms with van der Waals surface area (Å²) in [6.45, 7) is 16.7. The van der Waals surface area contributed by atoms with Crippen LogP contribution in [0.3, 0.4) is 0 Å². The van der Waals surface area contributed by atoms with Crippen molar-refractivity contribution in [3.63, 3.8) is 0 Å². The Morgan fingerprint density at radius 3 is 1.40 bits per heavy atom. The molecule has 8 aromatic heterocycles. The number of nitrogens with one attached hydrogen (secondary N) is 4. The van der Waals surface area contributed by atoms with Gasteiger partial charge in [0.2, 0.25) is 0 Å². The van der Waals surface area contributed by atoms with Crippen molar-refractivity contribution in [1.29, 1.82) is 0 Å². The van der Waals surface area contributed by atoms with E-state index in [4.69, 9.17) is 19.4 Å². The summed E-state index contributed by atoms with van der Waals surface area (Å²) in [6, 6.07) is 3.95. The molecule has 10 rings (SSSR count). The second kappa shape index (κ2) is 17.0. The summed E-state index contributed by atoms with van der Waals surface area (Å²) in [7, 11) is 3.28. The summed E-state index contributed by atoms with van der Waals surface area (Å²) in [4.78, 5) is 22.7. The number of hydrogen-bond acceptors (Lipinski definition) is 16. The molecule has 0 radical (unpaired) electrons. The first-order valence-corrected chi connectivity index (χ1v) is 21.7. The molecule has 18 nitrogen and oxygen atoms in total. The number of pyridine rings is 2.